The second-order valence-electron chi connectivity index (χ2n) is 11.7. The molecule has 0 aliphatic carbocycles. The molecule has 2 aromatic carbocycles. The standard InChI is InChI=1S/C34H36N6O3S2/c1-22-5-3-6-23-12-13-40(19-26(22)23)34-37-30(33(41)42)28(45-34)7-4-18-43-25-10-8-24(9-11-25)27-20-44-31-29(27)35-21-36-32(31)39-16-14-38(2)15-17-39/h3,5-6,8-11,20-21H,4,7,12-19H2,1-2H3,(H,41,42). The first-order valence-corrected chi connectivity index (χ1v) is 17.1. The van der Waals surface area contributed by atoms with Crippen LogP contribution in [0.5, 0.6) is 5.75 Å². The number of aromatic nitrogens is 3. The summed E-state index contributed by atoms with van der Waals surface area (Å²) in [4.78, 5) is 33.6. The van der Waals surface area contributed by atoms with E-state index in [-0.39, 0.29) is 5.69 Å². The van der Waals surface area contributed by atoms with E-state index >= 15 is 0 Å². The van der Waals surface area contributed by atoms with Gasteiger partial charge in [-0.05, 0) is 67.6 Å². The van der Waals surface area contributed by atoms with E-state index in [0.29, 0.717) is 19.4 Å². The molecule has 1 N–H and O–H groups in total. The lowest BCUT2D eigenvalue weighted by atomic mass is 9.96. The number of rotatable bonds is 9. The molecule has 2 aliphatic rings. The van der Waals surface area contributed by atoms with Gasteiger partial charge in [-0.3, -0.25) is 0 Å². The van der Waals surface area contributed by atoms with Gasteiger partial charge in [0.1, 0.15) is 17.9 Å². The van der Waals surface area contributed by atoms with Gasteiger partial charge in [0.15, 0.2) is 10.8 Å². The monoisotopic (exact) mass is 640 g/mol. The van der Waals surface area contributed by atoms with Crippen LogP contribution in [-0.2, 0) is 19.4 Å². The summed E-state index contributed by atoms with van der Waals surface area (Å²) < 4.78 is 7.19. The van der Waals surface area contributed by atoms with Crippen LogP contribution in [0.3, 0.4) is 0 Å². The number of hydrogen-bond acceptors (Lipinski definition) is 10. The zero-order valence-electron chi connectivity index (χ0n) is 25.5. The van der Waals surface area contributed by atoms with Crippen molar-refractivity contribution in [1.29, 1.82) is 0 Å². The first kappa shape index (κ1) is 29.6. The number of nitrogens with zero attached hydrogens (tertiary/aromatic N) is 6. The highest BCUT2D eigenvalue weighted by molar-refractivity contribution is 7.18. The van der Waals surface area contributed by atoms with Gasteiger partial charge in [-0.2, -0.15) is 0 Å². The molecule has 232 valence electrons. The molecule has 1 saturated heterocycles. The summed E-state index contributed by atoms with van der Waals surface area (Å²) in [5, 5.41) is 12.8. The normalized spacial score (nSPS) is 15.4. The minimum atomic E-state index is -0.973. The molecular weight excluding hydrogens is 605 g/mol. The maximum atomic E-state index is 12.0. The number of carboxylic acids is 1. The second-order valence-corrected chi connectivity index (χ2v) is 13.7. The summed E-state index contributed by atoms with van der Waals surface area (Å²) in [7, 11) is 2.16. The molecule has 11 heteroatoms. The Kier molecular flexibility index (Phi) is 8.39. The van der Waals surface area contributed by atoms with E-state index in [2.05, 4.69) is 79.3 Å². The van der Waals surface area contributed by atoms with Gasteiger partial charge in [-0.25, -0.2) is 19.7 Å². The number of carboxylic acid groups (broad SMARTS) is 1. The van der Waals surface area contributed by atoms with Gasteiger partial charge in [0.2, 0.25) is 0 Å². The number of benzene rings is 2. The van der Waals surface area contributed by atoms with Crippen LogP contribution in [-0.4, -0.2) is 77.3 Å². The van der Waals surface area contributed by atoms with Crippen LogP contribution in [0.25, 0.3) is 21.3 Å². The van der Waals surface area contributed by atoms with Crippen molar-refractivity contribution in [2.75, 3.05) is 56.2 Å². The van der Waals surface area contributed by atoms with Crippen molar-refractivity contribution in [3.8, 4) is 16.9 Å². The number of aromatic carboxylic acids is 1. The molecular formula is C34H36N6O3S2. The van der Waals surface area contributed by atoms with E-state index in [0.717, 1.165) is 88.6 Å². The summed E-state index contributed by atoms with van der Waals surface area (Å²) in [6, 6.07) is 14.6. The highest BCUT2D eigenvalue weighted by atomic mass is 32.1. The molecule has 0 bridgehead atoms. The zero-order chi connectivity index (χ0) is 30.9. The van der Waals surface area contributed by atoms with Crippen LogP contribution in [0.15, 0.2) is 54.2 Å². The number of aryl methyl sites for hydroxylation is 2. The van der Waals surface area contributed by atoms with Gasteiger partial charge in [-0.15, -0.1) is 22.7 Å². The van der Waals surface area contributed by atoms with Crippen molar-refractivity contribution < 1.29 is 14.6 Å². The van der Waals surface area contributed by atoms with Crippen molar-refractivity contribution in [2.24, 2.45) is 0 Å². The Morgan fingerprint density at radius 2 is 1.84 bits per heavy atom. The molecule has 5 heterocycles. The number of anilines is 2. The Morgan fingerprint density at radius 3 is 2.64 bits per heavy atom. The summed E-state index contributed by atoms with van der Waals surface area (Å²) in [6.07, 6.45) is 3.93. The zero-order valence-corrected chi connectivity index (χ0v) is 27.2. The number of piperazine rings is 1. The molecule has 1 fully saturated rings. The van der Waals surface area contributed by atoms with Crippen LogP contribution in [0.2, 0.25) is 0 Å². The molecule has 3 aromatic heterocycles. The number of thiophene rings is 1. The molecule has 0 radical (unpaired) electrons. The molecule has 45 heavy (non-hydrogen) atoms. The van der Waals surface area contributed by atoms with Crippen LogP contribution >= 0.6 is 22.7 Å². The summed E-state index contributed by atoms with van der Waals surface area (Å²) in [6.45, 7) is 8.23. The minimum absolute atomic E-state index is 0.164. The van der Waals surface area contributed by atoms with E-state index in [1.54, 1.807) is 17.7 Å². The number of ether oxygens (including phenoxy) is 1. The van der Waals surface area contributed by atoms with Crippen molar-refractivity contribution in [2.45, 2.75) is 32.7 Å². The number of likely N-dealkylation sites (N-methyl/N-ethyl adjacent to an activating group) is 1. The van der Waals surface area contributed by atoms with Crippen LogP contribution < -0.4 is 14.5 Å². The van der Waals surface area contributed by atoms with Crippen molar-refractivity contribution >= 4 is 49.8 Å². The fourth-order valence-electron chi connectivity index (χ4n) is 6.16. The first-order chi connectivity index (χ1) is 21.9. The van der Waals surface area contributed by atoms with E-state index in [1.807, 2.05) is 12.1 Å². The Bertz CT molecular complexity index is 1830. The van der Waals surface area contributed by atoms with Gasteiger partial charge in [0, 0.05) is 55.1 Å². The van der Waals surface area contributed by atoms with Gasteiger partial charge in [0.25, 0.3) is 0 Å². The van der Waals surface area contributed by atoms with Crippen molar-refractivity contribution in [1.82, 2.24) is 19.9 Å². The van der Waals surface area contributed by atoms with Crippen LogP contribution in [0.4, 0.5) is 10.9 Å². The van der Waals surface area contributed by atoms with E-state index < -0.39 is 5.97 Å². The number of thiazole rings is 1. The third-order valence-electron chi connectivity index (χ3n) is 8.79. The predicted molar refractivity (Wildman–Crippen MR) is 181 cm³/mol. The Balaban J connectivity index is 0.975. The highest BCUT2D eigenvalue weighted by Gasteiger charge is 2.25. The Hall–Kier alpha value is -4.06. The predicted octanol–water partition coefficient (Wildman–Crippen LogP) is 6.15. The SMILES string of the molecule is Cc1cccc2c1CN(c1nc(C(=O)O)c(CCCOc3ccc(-c4csc5c(N6CCN(C)CC6)ncnc45)cc3)s1)CC2. The molecule has 7 rings (SSSR count). The fourth-order valence-corrected chi connectivity index (χ4v) is 8.33. The Morgan fingerprint density at radius 1 is 1.02 bits per heavy atom. The van der Waals surface area contributed by atoms with Gasteiger partial charge in [0.05, 0.1) is 16.8 Å². The third kappa shape index (κ3) is 6.12. The first-order valence-electron chi connectivity index (χ1n) is 15.4. The summed E-state index contributed by atoms with van der Waals surface area (Å²) in [5.74, 6) is 0.844. The topological polar surface area (TPSA) is 94.9 Å². The van der Waals surface area contributed by atoms with Crippen LogP contribution in [0.1, 0.15) is 38.5 Å². The highest BCUT2D eigenvalue weighted by Crippen LogP contribution is 2.38. The molecule has 0 unspecified atom stereocenters. The molecule has 0 amide bonds. The maximum Gasteiger partial charge on any atom is 0.355 e. The average molecular weight is 641 g/mol. The fraction of sp³-hybridized carbons (Fsp3) is 0.353. The van der Waals surface area contributed by atoms with E-state index in [9.17, 15) is 9.90 Å². The number of fused-ring (bicyclic) bond motifs is 2. The van der Waals surface area contributed by atoms with E-state index in [1.165, 1.54) is 28.0 Å². The second kappa shape index (κ2) is 12.7. The van der Waals surface area contributed by atoms with Crippen molar-refractivity contribution in [3.63, 3.8) is 0 Å². The average Bonchev–Trinajstić information content (AvgIpc) is 3.69. The minimum Gasteiger partial charge on any atom is -0.494 e. The van der Waals surface area contributed by atoms with Gasteiger partial charge < -0.3 is 24.5 Å². The molecule has 9 nitrogen and oxygen atoms in total. The summed E-state index contributed by atoms with van der Waals surface area (Å²) in [5.41, 5.74) is 7.32. The Labute approximate surface area is 270 Å². The van der Waals surface area contributed by atoms with Crippen LogP contribution in [0, 0.1) is 6.92 Å². The lowest BCUT2D eigenvalue weighted by molar-refractivity contribution is 0.0690. The van der Waals surface area contributed by atoms with Gasteiger partial charge in [-0.1, -0.05) is 30.3 Å². The molecule has 2 aliphatic heterocycles. The van der Waals surface area contributed by atoms with Gasteiger partial charge >= 0.3 is 5.97 Å². The van der Waals surface area contributed by atoms with Crippen molar-refractivity contribution in [3.05, 3.63) is 81.4 Å². The third-order valence-corrected chi connectivity index (χ3v) is 10.9. The maximum absolute atomic E-state index is 12.0. The number of hydrogen-bond donors (Lipinski definition) is 1. The largest absolute Gasteiger partial charge is 0.494 e. The molecule has 0 atom stereocenters. The van der Waals surface area contributed by atoms with E-state index in [4.69, 9.17) is 4.74 Å². The summed E-state index contributed by atoms with van der Waals surface area (Å²) >= 11 is 3.20. The number of carbonyl (C=O) groups is 1. The molecule has 0 saturated carbocycles. The molecule has 5 aromatic rings. The quantitative estimate of drug-likeness (QED) is 0.191. The lowest BCUT2D eigenvalue weighted by Gasteiger charge is -2.33. The smallest absolute Gasteiger partial charge is 0.355 e. The molecule has 0 spiro atoms. The lowest BCUT2D eigenvalue weighted by Crippen LogP contribution is -2.44.